The van der Waals surface area contributed by atoms with Crippen LogP contribution >= 0.6 is 11.6 Å². The van der Waals surface area contributed by atoms with E-state index in [1.165, 1.54) is 0 Å². The molecule has 96 valence electrons. The van der Waals surface area contributed by atoms with Gasteiger partial charge in [0.15, 0.2) is 0 Å². The molecule has 1 aromatic carbocycles. The maximum atomic E-state index is 12.2. The summed E-state index contributed by atoms with van der Waals surface area (Å²) in [5, 5.41) is 8.35. The van der Waals surface area contributed by atoms with Crippen LogP contribution in [0.15, 0.2) is 30.6 Å². The summed E-state index contributed by atoms with van der Waals surface area (Å²) in [7, 11) is 0.818. The quantitative estimate of drug-likeness (QED) is 0.866. The number of hydrogen-bond acceptors (Lipinski definition) is 3. The van der Waals surface area contributed by atoms with Gasteiger partial charge < -0.3 is 4.57 Å². The second kappa shape index (κ2) is 5.63. The fourth-order valence-electron chi connectivity index (χ4n) is 1.58. The zero-order chi connectivity index (χ0) is 13.1. The molecule has 0 aliphatic carbocycles. The average molecular weight is 284 g/mol. The summed E-state index contributed by atoms with van der Waals surface area (Å²) in [6.07, 6.45) is 1.61. The van der Waals surface area contributed by atoms with E-state index in [0.717, 1.165) is 11.4 Å². The first-order chi connectivity index (χ1) is 8.58. The first-order valence-electron chi connectivity index (χ1n) is 5.53. The molecule has 4 nitrogen and oxygen atoms in total. The number of aryl methyl sites for hydroxylation is 1. The highest BCUT2D eigenvalue weighted by Gasteiger charge is 2.16. The first kappa shape index (κ1) is 13.2. The Morgan fingerprint density at radius 3 is 2.61 bits per heavy atom. The molecular formula is C12H14ClN3OS. The van der Waals surface area contributed by atoms with E-state index in [1.807, 2.05) is 38.2 Å². The molecule has 0 aliphatic heterocycles. The smallest absolute Gasteiger partial charge is 0.145 e. The Morgan fingerprint density at radius 1 is 1.39 bits per heavy atom. The lowest BCUT2D eigenvalue weighted by Gasteiger charge is -2.11. The van der Waals surface area contributed by atoms with E-state index in [1.54, 1.807) is 10.9 Å². The molecule has 0 fully saturated rings. The summed E-state index contributed by atoms with van der Waals surface area (Å²) in [4.78, 5) is 0. The van der Waals surface area contributed by atoms with Gasteiger partial charge in [-0.3, -0.25) is 4.21 Å². The van der Waals surface area contributed by atoms with Gasteiger partial charge in [-0.2, -0.15) is 0 Å². The number of halogens is 1. The third kappa shape index (κ3) is 2.97. The van der Waals surface area contributed by atoms with Crippen molar-refractivity contribution in [2.24, 2.45) is 7.05 Å². The van der Waals surface area contributed by atoms with Crippen LogP contribution in [0.25, 0.3) is 0 Å². The number of aromatic nitrogens is 3. The third-order valence-electron chi connectivity index (χ3n) is 2.81. The normalized spacial score (nSPS) is 14.4. The van der Waals surface area contributed by atoms with Crippen LogP contribution < -0.4 is 0 Å². The minimum atomic E-state index is -1.03. The fraction of sp³-hybridized carbons (Fsp3) is 0.333. The Kier molecular flexibility index (Phi) is 4.14. The van der Waals surface area contributed by atoms with E-state index in [-0.39, 0.29) is 5.25 Å². The fourth-order valence-corrected chi connectivity index (χ4v) is 2.93. The number of nitrogens with zero attached hydrogens (tertiary/aromatic N) is 3. The highest BCUT2D eigenvalue weighted by atomic mass is 35.5. The zero-order valence-corrected chi connectivity index (χ0v) is 11.8. The SMILES string of the molecule is C[C@H](c1ccc(Cl)cc1)[S@](=O)Cc1nncn1C. The van der Waals surface area contributed by atoms with Gasteiger partial charge in [0.2, 0.25) is 0 Å². The van der Waals surface area contributed by atoms with E-state index in [2.05, 4.69) is 10.2 Å². The molecule has 0 radical (unpaired) electrons. The molecule has 0 saturated heterocycles. The Balaban J connectivity index is 2.09. The molecule has 0 bridgehead atoms. The van der Waals surface area contributed by atoms with Crippen LogP contribution in [0, 0.1) is 0 Å². The zero-order valence-electron chi connectivity index (χ0n) is 10.2. The number of hydrogen-bond donors (Lipinski definition) is 0. The summed E-state index contributed by atoms with van der Waals surface area (Å²) >= 11 is 5.83. The van der Waals surface area contributed by atoms with Crippen LogP contribution in [-0.2, 0) is 23.6 Å². The molecule has 0 saturated carbocycles. The van der Waals surface area contributed by atoms with Gasteiger partial charge in [0, 0.05) is 22.9 Å². The van der Waals surface area contributed by atoms with Crippen molar-refractivity contribution in [3.63, 3.8) is 0 Å². The van der Waals surface area contributed by atoms with Gasteiger partial charge in [-0.25, -0.2) is 0 Å². The Hall–Kier alpha value is -1.20. The second-order valence-corrected chi connectivity index (χ2v) is 6.27. The largest absolute Gasteiger partial charge is 0.320 e. The molecule has 0 aliphatic rings. The van der Waals surface area contributed by atoms with Crippen molar-refractivity contribution in [3.05, 3.63) is 47.0 Å². The molecule has 0 unspecified atom stereocenters. The van der Waals surface area contributed by atoms with Crippen molar-refractivity contribution in [2.75, 3.05) is 0 Å². The second-order valence-electron chi connectivity index (χ2n) is 4.08. The Labute approximate surface area is 113 Å². The summed E-state index contributed by atoms with van der Waals surface area (Å²) in [6.45, 7) is 1.94. The van der Waals surface area contributed by atoms with E-state index in [0.29, 0.717) is 10.8 Å². The van der Waals surface area contributed by atoms with Crippen LogP contribution in [0.2, 0.25) is 5.02 Å². The van der Waals surface area contributed by atoms with Gasteiger partial charge in [0.05, 0.1) is 11.0 Å². The van der Waals surface area contributed by atoms with Crippen molar-refractivity contribution in [1.29, 1.82) is 0 Å². The first-order valence-corrected chi connectivity index (χ1v) is 7.29. The summed E-state index contributed by atoms with van der Waals surface area (Å²) in [5.41, 5.74) is 1.01. The van der Waals surface area contributed by atoms with Gasteiger partial charge in [0.1, 0.15) is 12.2 Å². The lowest BCUT2D eigenvalue weighted by molar-refractivity contribution is 0.672. The van der Waals surface area contributed by atoms with Crippen molar-refractivity contribution in [1.82, 2.24) is 14.8 Å². The van der Waals surface area contributed by atoms with Crippen LogP contribution in [0.4, 0.5) is 0 Å². The van der Waals surface area contributed by atoms with Crippen molar-refractivity contribution in [2.45, 2.75) is 17.9 Å². The number of rotatable bonds is 4. The van der Waals surface area contributed by atoms with Crippen LogP contribution in [0.1, 0.15) is 23.6 Å². The monoisotopic (exact) mass is 283 g/mol. The lowest BCUT2D eigenvalue weighted by Crippen LogP contribution is -2.08. The standard InChI is InChI=1S/C12H14ClN3OS/c1-9(10-3-5-11(13)6-4-10)18(17)7-12-15-14-8-16(12)2/h3-6,8-9H,7H2,1-2H3/t9-,18-/m1/s1. The summed E-state index contributed by atoms with van der Waals surface area (Å²) in [6, 6.07) is 7.43. The summed E-state index contributed by atoms with van der Waals surface area (Å²) in [5.74, 6) is 1.13. The van der Waals surface area contributed by atoms with Crippen LogP contribution in [-0.4, -0.2) is 19.0 Å². The average Bonchev–Trinajstić information content (AvgIpc) is 2.75. The van der Waals surface area contributed by atoms with Gasteiger partial charge in [0.25, 0.3) is 0 Å². The molecule has 2 aromatic rings. The van der Waals surface area contributed by atoms with Crippen LogP contribution in [0.3, 0.4) is 0 Å². The van der Waals surface area contributed by atoms with E-state index < -0.39 is 10.8 Å². The predicted molar refractivity (Wildman–Crippen MR) is 72.7 cm³/mol. The topological polar surface area (TPSA) is 47.8 Å². The van der Waals surface area contributed by atoms with E-state index >= 15 is 0 Å². The molecule has 0 spiro atoms. The molecule has 1 heterocycles. The predicted octanol–water partition coefficient (Wildman–Crippen LogP) is 2.48. The third-order valence-corrected chi connectivity index (χ3v) is 4.67. The van der Waals surface area contributed by atoms with Gasteiger partial charge in [-0.15, -0.1) is 10.2 Å². The van der Waals surface area contributed by atoms with E-state index in [4.69, 9.17) is 11.6 Å². The van der Waals surface area contributed by atoms with Crippen molar-refractivity contribution >= 4 is 22.4 Å². The Morgan fingerprint density at radius 2 is 2.06 bits per heavy atom. The van der Waals surface area contributed by atoms with Crippen LogP contribution in [0.5, 0.6) is 0 Å². The molecule has 18 heavy (non-hydrogen) atoms. The highest BCUT2D eigenvalue weighted by molar-refractivity contribution is 7.84. The highest BCUT2D eigenvalue weighted by Crippen LogP contribution is 2.22. The van der Waals surface area contributed by atoms with E-state index in [9.17, 15) is 4.21 Å². The minimum Gasteiger partial charge on any atom is -0.320 e. The molecule has 2 atom stereocenters. The molecule has 6 heteroatoms. The maximum absolute atomic E-state index is 12.2. The van der Waals surface area contributed by atoms with Gasteiger partial charge in [-0.1, -0.05) is 23.7 Å². The molecule has 2 rings (SSSR count). The van der Waals surface area contributed by atoms with Gasteiger partial charge in [-0.05, 0) is 24.6 Å². The Bertz CT molecular complexity index is 553. The van der Waals surface area contributed by atoms with Gasteiger partial charge >= 0.3 is 0 Å². The summed E-state index contributed by atoms with van der Waals surface area (Å²) < 4.78 is 14.0. The van der Waals surface area contributed by atoms with Crippen molar-refractivity contribution < 1.29 is 4.21 Å². The lowest BCUT2D eigenvalue weighted by atomic mass is 10.2. The number of benzene rings is 1. The minimum absolute atomic E-state index is 0.0565. The molecular weight excluding hydrogens is 270 g/mol. The maximum Gasteiger partial charge on any atom is 0.145 e. The van der Waals surface area contributed by atoms with Crippen molar-refractivity contribution in [3.8, 4) is 0 Å². The molecule has 0 amide bonds. The molecule has 0 N–H and O–H groups in total. The molecule has 1 aromatic heterocycles.